The maximum Gasteiger partial charge on any atom is 0.321 e. The summed E-state index contributed by atoms with van der Waals surface area (Å²) in [6.45, 7) is 5.66. The van der Waals surface area contributed by atoms with Crippen molar-refractivity contribution in [3.63, 3.8) is 0 Å². The minimum absolute atomic E-state index is 0.206. The van der Waals surface area contributed by atoms with E-state index in [-0.39, 0.29) is 18.0 Å². The Bertz CT molecular complexity index is 581. The number of nitrogens with zero attached hydrogens (tertiary/aromatic N) is 1. The average Bonchev–Trinajstić information content (AvgIpc) is 2.40. The van der Waals surface area contributed by atoms with Gasteiger partial charge in [-0.25, -0.2) is 8.42 Å². The fourth-order valence-electron chi connectivity index (χ4n) is 1.77. The van der Waals surface area contributed by atoms with E-state index in [1.165, 1.54) is 7.11 Å². The summed E-state index contributed by atoms with van der Waals surface area (Å²) in [5, 5.41) is 0. The van der Waals surface area contributed by atoms with Crippen LogP contribution >= 0.6 is 0 Å². The number of aryl methyl sites for hydroxylation is 2. The smallest absolute Gasteiger partial charge is 0.321 e. The summed E-state index contributed by atoms with van der Waals surface area (Å²) in [7, 11) is -2.43. The monoisotopic (exact) mass is 299 g/mol. The Kier molecular flexibility index (Phi) is 5.71. The first-order valence-corrected chi connectivity index (χ1v) is 7.91. The second-order valence-electron chi connectivity index (χ2n) is 4.66. The first kappa shape index (κ1) is 16.7. The largest absolute Gasteiger partial charge is 0.468 e. The van der Waals surface area contributed by atoms with Crippen LogP contribution in [0.1, 0.15) is 24.5 Å². The van der Waals surface area contributed by atoms with Crippen LogP contribution < -0.4 is 0 Å². The summed E-state index contributed by atoms with van der Waals surface area (Å²) in [5.74, 6) is -0.564. The van der Waals surface area contributed by atoms with Crippen molar-refractivity contribution < 1.29 is 17.9 Å². The number of hydrogen-bond acceptors (Lipinski definition) is 4. The maximum absolute atomic E-state index is 12.6. The lowest BCUT2D eigenvalue weighted by Gasteiger charge is -2.20. The van der Waals surface area contributed by atoms with Crippen molar-refractivity contribution in [2.45, 2.75) is 32.1 Å². The van der Waals surface area contributed by atoms with Crippen LogP contribution in [-0.2, 0) is 19.6 Å². The molecular weight excluding hydrogens is 278 g/mol. The third-order valence-corrected chi connectivity index (χ3v) is 4.96. The van der Waals surface area contributed by atoms with E-state index in [2.05, 4.69) is 4.74 Å². The molecule has 0 aliphatic rings. The van der Waals surface area contributed by atoms with Crippen LogP contribution in [0.5, 0.6) is 0 Å². The molecule has 112 valence electrons. The van der Waals surface area contributed by atoms with Crippen molar-refractivity contribution in [1.29, 1.82) is 0 Å². The fraction of sp³-hybridized carbons (Fsp3) is 0.500. The van der Waals surface area contributed by atoms with Gasteiger partial charge >= 0.3 is 5.97 Å². The molecule has 5 nitrogen and oxygen atoms in total. The van der Waals surface area contributed by atoms with Crippen molar-refractivity contribution in [1.82, 2.24) is 4.31 Å². The Morgan fingerprint density at radius 3 is 2.40 bits per heavy atom. The maximum atomic E-state index is 12.6. The van der Waals surface area contributed by atoms with E-state index in [0.29, 0.717) is 6.42 Å². The van der Waals surface area contributed by atoms with E-state index in [9.17, 15) is 13.2 Å². The average molecular weight is 299 g/mol. The molecule has 0 bridgehead atoms. The lowest BCUT2D eigenvalue weighted by atomic mass is 10.1. The summed E-state index contributed by atoms with van der Waals surface area (Å²) in [4.78, 5) is 11.6. The fourth-order valence-corrected chi connectivity index (χ4v) is 3.33. The molecule has 6 heteroatoms. The van der Waals surface area contributed by atoms with E-state index in [1.807, 2.05) is 20.8 Å². The summed E-state index contributed by atoms with van der Waals surface area (Å²) in [6.07, 6.45) is 0.626. The summed E-state index contributed by atoms with van der Waals surface area (Å²) >= 11 is 0. The number of sulfonamides is 1. The molecule has 0 atom stereocenters. The zero-order valence-corrected chi connectivity index (χ0v) is 13.2. The summed E-state index contributed by atoms with van der Waals surface area (Å²) in [6, 6.07) is 4.96. The van der Waals surface area contributed by atoms with Crippen LogP contribution in [0.15, 0.2) is 23.1 Å². The number of ether oxygens (including phenoxy) is 1. The molecular formula is C14H21NO4S. The number of esters is 1. The van der Waals surface area contributed by atoms with Crippen molar-refractivity contribution >= 4 is 16.0 Å². The Labute approximate surface area is 120 Å². The number of methoxy groups -OCH3 is 1. The molecule has 0 unspecified atom stereocenters. The van der Waals surface area contributed by atoms with Crippen molar-refractivity contribution in [3.8, 4) is 0 Å². The summed E-state index contributed by atoms with van der Waals surface area (Å²) < 4.78 is 30.8. The molecule has 0 N–H and O–H groups in total. The van der Waals surface area contributed by atoms with Gasteiger partial charge in [-0.3, -0.25) is 4.79 Å². The molecule has 0 heterocycles. The van der Waals surface area contributed by atoms with E-state index >= 15 is 0 Å². The van der Waals surface area contributed by atoms with Gasteiger partial charge in [0.1, 0.15) is 6.54 Å². The zero-order valence-electron chi connectivity index (χ0n) is 12.3. The normalized spacial score (nSPS) is 11.7. The van der Waals surface area contributed by atoms with Gasteiger partial charge in [-0.2, -0.15) is 4.31 Å². The lowest BCUT2D eigenvalue weighted by Crippen LogP contribution is -2.36. The third-order valence-electron chi connectivity index (χ3n) is 3.12. The number of carbonyl (C=O) groups is 1. The van der Waals surface area contributed by atoms with E-state index in [0.717, 1.165) is 15.4 Å². The molecule has 0 radical (unpaired) electrons. The minimum atomic E-state index is -3.68. The number of carbonyl (C=O) groups excluding carboxylic acids is 1. The first-order valence-electron chi connectivity index (χ1n) is 6.47. The van der Waals surface area contributed by atoms with E-state index in [4.69, 9.17) is 0 Å². The third kappa shape index (κ3) is 3.80. The molecule has 0 aromatic heterocycles. The van der Waals surface area contributed by atoms with Gasteiger partial charge < -0.3 is 4.74 Å². The quantitative estimate of drug-likeness (QED) is 0.752. The molecule has 1 rings (SSSR count). The van der Waals surface area contributed by atoms with Crippen LogP contribution in [0.4, 0.5) is 0 Å². The Morgan fingerprint density at radius 2 is 1.90 bits per heavy atom. The highest BCUT2D eigenvalue weighted by Gasteiger charge is 2.26. The number of benzene rings is 1. The first-order chi connectivity index (χ1) is 9.32. The van der Waals surface area contributed by atoms with Crippen molar-refractivity contribution in [2.24, 2.45) is 0 Å². The highest BCUT2D eigenvalue weighted by atomic mass is 32.2. The molecule has 0 amide bonds. The minimum Gasteiger partial charge on any atom is -0.468 e. The van der Waals surface area contributed by atoms with E-state index < -0.39 is 16.0 Å². The van der Waals surface area contributed by atoms with Crippen LogP contribution in [0, 0.1) is 13.8 Å². The number of hydrogen-bond donors (Lipinski definition) is 0. The van der Waals surface area contributed by atoms with Gasteiger partial charge in [-0.1, -0.05) is 13.0 Å². The van der Waals surface area contributed by atoms with Gasteiger partial charge in [0, 0.05) is 6.54 Å². The zero-order chi connectivity index (χ0) is 15.3. The van der Waals surface area contributed by atoms with Gasteiger partial charge in [0.05, 0.1) is 12.0 Å². The van der Waals surface area contributed by atoms with Gasteiger partial charge in [0.25, 0.3) is 0 Å². The van der Waals surface area contributed by atoms with Crippen LogP contribution in [-0.4, -0.2) is 38.9 Å². The molecule has 0 saturated carbocycles. The van der Waals surface area contributed by atoms with Gasteiger partial charge in [-0.15, -0.1) is 0 Å². The van der Waals surface area contributed by atoms with Gasteiger partial charge in [-0.05, 0) is 43.5 Å². The topological polar surface area (TPSA) is 63.7 Å². The van der Waals surface area contributed by atoms with Crippen molar-refractivity contribution in [2.75, 3.05) is 20.2 Å². The van der Waals surface area contributed by atoms with Crippen LogP contribution in [0.25, 0.3) is 0 Å². The van der Waals surface area contributed by atoms with Gasteiger partial charge in [0.15, 0.2) is 0 Å². The molecule has 0 aliphatic heterocycles. The molecule has 0 aliphatic carbocycles. The Balaban J connectivity index is 3.14. The highest BCUT2D eigenvalue weighted by Crippen LogP contribution is 2.19. The summed E-state index contributed by atoms with van der Waals surface area (Å²) in [5.41, 5.74) is 1.93. The van der Waals surface area contributed by atoms with Gasteiger partial charge in [0.2, 0.25) is 10.0 Å². The van der Waals surface area contributed by atoms with Crippen LogP contribution in [0.3, 0.4) is 0 Å². The van der Waals surface area contributed by atoms with Crippen LogP contribution in [0.2, 0.25) is 0 Å². The second-order valence-corrected chi connectivity index (χ2v) is 6.60. The Morgan fingerprint density at radius 1 is 1.25 bits per heavy atom. The molecule has 0 fully saturated rings. The predicted molar refractivity (Wildman–Crippen MR) is 77.0 cm³/mol. The number of rotatable bonds is 6. The second kappa shape index (κ2) is 6.85. The molecule has 1 aromatic rings. The van der Waals surface area contributed by atoms with Crippen molar-refractivity contribution in [3.05, 3.63) is 29.3 Å². The molecule has 0 spiro atoms. The molecule has 0 saturated heterocycles. The Hall–Kier alpha value is -1.40. The van der Waals surface area contributed by atoms with E-state index in [1.54, 1.807) is 18.2 Å². The SMILES string of the molecule is CCCN(CC(=O)OC)S(=O)(=O)c1ccc(C)c(C)c1. The molecule has 20 heavy (non-hydrogen) atoms. The molecule has 1 aromatic carbocycles. The lowest BCUT2D eigenvalue weighted by molar-refractivity contribution is -0.140. The standard InChI is InChI=1S/C14H21NO4S/c1-5-8-15(10-14(16)19-4)20(17,18)13-7-6-11(2)12(3)9-13/h6-7,9H,5,8,10H2,1-4H3. The predicted octanol–water partition coefficient (Wildman–Crippen LogP) is 1.88. The highest BCUT2D eigenvalue weighted by molar-refractivity contribution is 7.89.